The third-order valence-electron chi connectivity index (χ3n) is 15.1. The molecule has 12 aromatic rings. The zero-order valence-electron chi connectivity index (χ0n) is 37.5. The molecule has 3 aliphatic rings. The van der Waals surface area contributed by atoms with E-state index in [1.165, 1.54) is 66.3 Å². The first-order chi connectivity index (χ1) is 34.2. The number of para-hydroxylation sites is 2. The lowest BCUT2D eigenvalue weighted by atomic mass is 9.69. The first kappa shape index (κ1) is 38.2. The van der Waals surface area contributed by atoms with E-state index < -0.39 is 5.41 Å². The van der Waals surface area contributed by atoms with Crippen LogP contribution in [0.1, 0.15) is 35.1 Å². The van der Waals surface area contributed by atoms with E-state index in [4.69, 9.17) is 15.0 Å². The maximum Gasteiger partial charge on any atom is 0.238 e. The van der Waals surface area contributed by atoms with Crippen molar-refractivity contribution in [2.75, 3.05) is 0 Å². The van der Waals surface area contributed by atoms with E-state index in [1.807, 2.05) is 36.4 Å². The highest BCUT2D eigenvalue weighted by Gasteiger charge is 2.53. The standard InChI is InChI=1S/C64H41N5/c1-4-18-40(19-5-1)61-65-62(41-20-6-2-7-21-41)67-63(66-61)69-58-37-33-43(42-32-36-57-50(38-42)47-26-13-17-31-56(47)68(57)44-22-8-3-9-23-44)39-51(58)48-34-35-55-59(60(48)69)49-27-12-16-30-54(49)64(55)52-28-14-10-24-45(52)46-25-11-15-29-53(46)64/h1-10,12-24,26-39H,11,25H2. The molecule has 0 radical (unpaired) electrons. The predicted octanol–water partition coefficient (Wildman–Crippen LogP) is 15.5. The molecular formula is C64H41N5. The third-order valence-corrected chi connectivity index (χ3v) is 15.1. The number of fused-ring (bicyclic) bond motifs is 16. The number of nitrogens with zero attached hydrogens (tertiary/aromatic N) is 5. The molecule has 0 amide bonds. The van der Waals surface area contributed by atoms with Crippen molar-refractivity contribution >= 4 is 49.2 Å². The number of aromatic nitrogens is 5. The number of hydrogen-bond acceptors (Lipinski definition) is 3. The second-order valence-corrected chi connectivity index (χ2v) is 18.6. The minimum atomic E-state index is -0.465. The molecule has 3 aromatic heterocycles. The van der Waals surface area contributed by atoms with E-state index in [1.54, 1.807) is 0 Å². The van der Waals surface area contributed by atoms with Crippen molar-refractivity contribution in [3.05, 3.63) is 252 Å². The molecule has 69 heavy (non-hydrogen) atoms. The van der Waals surface area contributed by atoms with Gasteiger partial charge in [0.05, 0.1) is 27.5 Å². The molecular weight excluding hydrogens is 839 g/mol. The molecule has 0 N–H and O–H groups in total. The van der Waals surface area contributed by atoms with Gasteiger partial charge in [-0.25, -0.2) is 4.98 Å². The van der Waals surface area contributed by atoms with Crippen LogP contribution >= 0.6 is 0 Å². The van der Waals surface area contributed by atoms with Gasteiger partial charge in [0.2, 0.25) is 5.95 Å². The van der Waals surface area contributed by atoms with Gasteiger partial charge in [-0.3, -0.25) is 4.57 Å². The highest BCUT2D eigenvalue weighted by atomic mass is 15.2. The molecule has 322 valence electrons. The summed E-state index contributed by atoms with van der Waals surface area (Å²) < 4.78 is 4.72. The Balaban J connectivity index is 1.04. The Hall–Kier alpha value is -8.93. The summed E-state index contributed by atoms with van der Waals surface area (Å²) >= 11 is 0. The predicted molar refractivity (Wildman–Crippen MR) is 282 cm³/mol. The first-order valence-electron chi connectivity index (χ1n) is 23.9. The molecule has 0 bridgehead atoms. The lowest BCUT2D eigenvalue weighted by Crippen LogP contribution is -2.27. The van der Waals surface area contributed by atoms with E-state index in [2.05, 4.69) is 197 Å². The summed E-state index contributed by atoms with van der Waals surface area (Å²) in [5.74, 6) is 1.84. The molecule has 0 saturated carbocycles. The average Bonchev–Trinajstić information content (AvgIpc) is 4.13. The van der Waals surface area contributed by atoms with Crippen LogP contribution in [0.5, 0.6) is 0 Å². The maximum atomic E-state index is 5.43. The molecule has 5 heteroatoms. The van der Waals surface area contributed by atoms with Gasteiger partial charge < -0.3 is 4.57 Å². The van der Waals surface area contributed by atoms with Crippen LogP contribution < -0.4 is 0 Å². The Morgan fingerprint density at radius 2 is 0.971 bits per heavy atom. The van der Waals surface area contributed by atoms with E-state index in [9.17, 15) is 0 Å². The molecule has 1 unspecified atom stereocenters. The molecule has 0 aliphatic heterocycles. The van der Waals surface area contributed by atoms with Crippen molar-refractivity contribution in [1.82, 2.24) is 24.1 Å². The molecule has 5 nitrogen and oxygen atoms in total. The van der Waals surface area contributed by atoms with Crippen molar-refractivity contribution in [3.8, 4) is 56.7 Å². The zero-order chi connectivity index (χ0) is 45.2. The van der Waals surface area contributed by atoms with Crippen molar-refractivity contribution in [1.29, 1.82) is 0 Å². The average molecular weight is 880 g/mol. The summed E-state index contributed by atoms with van der Waals surface area (Å²) in [4.78, 5) is 16.0. The van der Waals surface area contributed by atoms with Gasteiger partial charge in [0, 0.05) is 43.9 Å². The summed E-state index contributed by atoms with van der Waals surface area (Å²) in [6, 6.07) is 77.0. The molecule has 3 aliphatic carbocycles. The third kappa shape index (κ3) is 5.33. The fourth-order valence-electron chi connectivity index (χ4n) is 12.3. The minimum Gasteiger partial charge on any atom is -0.309 e. The van der Waals surface area contributed by atoms with Gasteiger partial charge in [-0.2, -0.15) is 9.97 Å². The van der Waals surface area contributed by atoms with Crippen LogP contribution in [0.3, 0.4) is 0 Å². The lowest BCUT2D eigenvalue weighted by molar-refractivity contribution is 0.781. The number of hydrogen-bond donors (Lipinski definition) is 0. The van der Waals surface area contributed by atoms with Crippen LogP contribution in [0, 0.1) is 0 Å². The fourth-order valence-corrected chi connectivity index (χ4v) is 12.3. The van der Waals surface area contributed by atoms with Crippen molar-refractivity contribution < 1.29 is 0 Å². The Morgan fingerprint density at radius 3 is 1.68 bits per heavy atom. The summed E-state index contributed by atoms with van der Waals surface area (Å²) in [7, 11) is 0. The largest absolute Gasteiger partial charge is 0.309 e. The van der Waals surface area contributed by atoms with Gasteiger partial charge >= 0.3 is 0 Å². The smallest absolute Gasteiger partial charge is 0.238 e. The van der Waals surface area contributed by atoms with Gasteiger partial charge in [-0.05, 0) is 105 Å². The minimum absolute atomic E-state index is 0.465. The van der Waals surface area contributed by atoms with Gasteiger partial charge in [-0.15, -0.1) is 0 Å². The van der Waals surface area contributed by atoms with Crippen LogP contribution in [-0.4, -0.2) is 24.1 Å². The second kappa shape index (κ2) is 14.5. The van der Waals surface area contributed by atoms with Gasteiger partial charge in [0.15, 0.2) is 11.6 Å². The van der Waals surface area contributed by atoms with E-state index in [0.717, 1.165) is 62.6 Å². The van der Waals surface area contributed by atoms with Crippen LogP contribution in [0.2, 0.25) is 0 Å². The van der Waals surface area contributed by atoms with Gasteiger partial charge in [0.25, 0.3) is 0 Å². The van der Waals surface area contributed by atoms with Gasteiger partial charge in [0.1, 0.15) is 0 Å². The van der Waals surface area contributed by atoms with Crippen LogP contribution in [0.25, 0.3) is 106 Å². The first-order valence-corrected chi connectivity index (χ1v) is 23.9. The molecule has 9 aromatic carbocycles. The monoisotopic (exact) mass is 879 g/mol. The molecule has 3 heterocycles. The van der Waals surface area contributed by atoms with Crippen molar-refractivity contribution in [2.24, 2.45) is 0 Å². The molecule has 1 atom stereocenters. The summed E-state index contributed by atoms with van der Waals surface area (Å²) in [6.07, 6.45) is 6.88. The SMILES string of the molecule is C1=CC2=C(CC1)c1ccccc1C21c2ccccc2-c2c1ccc1c3cc(-c4ccc5c(c4)c4ccccc4n5-c4ccccc4)ccc3n(-c3nc(-c4ccccc4)nc(-c4ccccc4)n3)c21. The number of rotatable bonds is 5. The molecule has 15 rings (SSSR count). The molecule has 1 spiro atoms. The van der Waals surface area contributed by atoms with E-state index >= 15 is 0 Å². The normalized spacial score (nSPS) is 15.7. The number of benzene rings is 9. The van der Waals surface area contributed by atoms with Crippen LogP contribution in [-0.2, 0) is 5.41 Å². The Bertz CT molecular complexity index is 4120. The molecule has 0 saturated heterocycles. The number of allylic oxidation sites excluding steroid dienone is 4. The van der Waals surface area contributed by atoms with Crippen LogP contribution in [0.15, 0.2) is 230 Å². The highest BCUT2D eigenvalue weighted by Crippen LogP contribution is 2.64. The fraction of sp³-hybridized carbons (Fsp3) is 0.0469. The molecule has 0 fully saturated rings. The Kier molecular flexibility index (Phi) is 8.05. The van der Waals surface area contributed by atoms with E-state index in [0.29, 0.717) is 17.6 Å². The summed E-state index contributed by atoms with van der Waals surface area (Å²) in [5, 5.41) is 4.75. The summed E-state index contributed by atoms with van der Waals surface area (Å²) in [5.41, 5.74) is 20.1. The van der Waals surface area contributed by atoms with Crippen molar-refractivity contribution in [2.45, 2.75) is 18.3 Å². The quantitative estimate of drug-likeness (QED) is 0.173. The van der Waals surface area contributed by atoms with Crippen LogP contribution in [0.4, 0.5) is 0 Å². The van der Waals surface area contributed by atoms with Gasteiger partial charge in [-0.1, -0.05) is 182 Å². The van der Waals surface area contributed by atoms with E-state index in [-0.39, 0.29) is 0 Å². The van der Waals surface area contributed by atoms with Crippen molar-refractivity contribution in [3.63, 3.8) is 0 Å². The second-order valence-electron chi connectivity index (χ2n) is 18.6. The lowest BCUT2D eigenvalue weighted by Gasteiger charge is -2.32. The Morgan fingerprint density at radius 1 is 0.406 bits per heavy atom. The highest BCUT2D eigenvalue weighted by molar-refractivity contribution is 6.18. The maximum absolute atomic E-state index is 5.43. The summed E-state index contributed by atoms with van der Waals surface area (Å²) in [6.45, 7) is 0. The Labute approximate surface area is 398 Å². The topological polar surface area (TPSA) is 48.5 Å². The zero-order valence-corrected chi connectivity index (χ0v) is 37.5.